The zero-order valence-corrected chi connectivity index (χ0v) is 17.8. The van der Waals surface area contributed by atoms with Crippen molar-refractivity contribution in [2.24, 2.45) is 11.1 Å². The minimum atomic E-state index is -0.215. The Hall–Kier alpha value is -2.28. The van der Waals surface area contributed by atoms with Crippen molar-refractivity contribution in [3.05, 3.63) is 56.6 Å². The molecule has 28 heavy (non-hydrogen) atoms. The Kier molecular flexibility index (Phi) is 4.53. The highest BCUT2D eigenvalue weighted by atomic mass is 35.5. The van der Waals surface area contributed by atoms with E-state index in [0.29, 0.717) is 15.9 Å². The highest BCUT2D eigenvalue weighted by Gasteiger charge is 2.47. The molecule has 2 aliphatic heterocycles. The second-order valence-electron chi connectivity index (χ2n) is 7.23. The van der Waals surface area contributed by atoms with Crippen molar-refractivity contribution in [3.63, 3.8) is 0 Å². The zero-order chi connectivity index (χ0) is 20.3. The maximum Gasteiger partial charge on any atom is 0.248 e. The normalized spacial score (nSPS) is 15.6. The zero-order valence-electron chi connectivity index (χ0n) is 16.2. The molecule has 0 aliphatic carbocycles. The smallest absolute Gasteiger partial charge is 0.248 e. The summed E-state index contributed by atoms with van der Waals surface area (Å²) in [7, 11) is 0. The van der Waals surface area contributed by atoms with E-state index >= 15 is 0 Å². The summed E-state index contributed by atoms with van der Waals surface area (Å²) in [6.45, 7) is 9.44. The van der Waals surface area contributed by atoms with Crippen LogP contribution in [0.3, 0.4) is 0 Å². The maximum atomic E-state index is 12.9. The molecule has 146 valence electrons. The number of hydrogen-bond acceptors (Lipinski definition) is 5. The minimum absolute atomic E-state index is 0.0974. The SMILES string of the molecule is Cc1c(Cl)c(C)c(C2=NON3N(C(=O)C(C)C)c4ccccc4N23)c(C)c1Cl. The molecule has 0 bridgehead atoms. The first-order chi connectivity index (χ1) is 13.3. The Morgan fingerprint density at radius 2 is 1.57 bits per heavy atom. The van der Waals surface area contributed by atoms with Crippen molar-refractivity contribution in [2.75, 3.05) is 10.0 Å². The molecular formula is C20H20Cl2N4O2. The monoisotopic (exact) mass is 418 g/mol. The fourth-order valence-electron chi connectivity index (χ4n) is 3.57. The van der Waals surface area contributed by atoms with Gasteiger partial charge in [0.1, 0.15) is 0 Å². The van der Waals surface area contributed by atoms with Gasteiger partial charge in [-0.2, -0.15) is 10.0 Å². The molecule has 1 amide bonds. The van der Waals surface area contributed by atoms with Crippen LogP contribution < -0.4 is 10.0 Å². The Morgan fingerprint density at radius 3 is 2.14 bits per heavy atom. The lowest BCUT2D eigenvalue weighted by Gasteiger charge is -2.26. The van der Waals surface area contributed by atoms with Gasteiger partial charge in [-0.25, -0.2) is 0 Å². The van der Waals surface area contributed by atoms with Crippen LogP contribution in [0.4, 0.5) is 11.4 Å². The molecule has 8 heteroatoms. The number of amides is 1. The lowest BCUT2D eigenvalue weighted by atomic mass is 9.98. The van der Waals surface area contributed by atoms with Crippen molar-refractivity contribution < 1.29 is 9.73 Å². The third kappa shape index (κ3) is 2.52. The Bertz CT molecular complexity index is 1010. The largest absolute Gasteiger partial charge is 0.273 e. The Balaban J connectivity index is 1.89. The second-order valence-corrected chi connectivity index (χ2v) is 7.99. The second kappa shape index (κ2) is 6.65. The number of fused-ring (bicyclic) bond motifs is 3. The molecule has 0 spiro atoms. The summed E-state index contributed by atoms with van der Waals surface area (Å²) in [6.07, 6.45) is 0. The topological polar surface area (TPSA) is 48.4 Å². The number of halogens is 2. The number of carbonyl (C=O) groups is 1. The number of nitrogens with zero attached hydrogens (tertiary/aromatic N) is 4. The molecule has 0 N–H and O–H groups in total. The average molecular weight is 419 g/mol. The number of para-hydroxylation sites is 2. The summed E-state index contributed by atoms with van der Waals surface area (Å²) in [4.78, 5) is 18.5. The van der Waals surface area contributed by atoms with Crippen LogP contribution >= 0.6 is 23.2 Å². The van der Waals surface area contributed by atoms with Crippen LogP contribution in [0.5, 0.6) is 0 Å². The molecule has 6 nitrogen and oxygen atoms in total. The van der Waals surface area contributed by atoms with E-state index in [9.17, 15) is 4.79 Å². The van der Waals surface area contributed by atoms with Crippen molar-refractivity contribution in [2.45, 2.75) is 34.6 Å². The summed E-state index contributed by atoms with van der Waals surface area (Å²) in [6, 6.07) is 7.59. The summed E-state index contributed by atoms with van der Waals surface area (Å²) in [5.41, 5.74) is 4.86. The number of benzene rings is 2. The molecule has 0 unspecified atom stereocenters. The molecule has 0 radical (unpaired) electrons. The van der Waals surface area contributed by atoms with E-state index in [-0.39, 0.29) is 11.8 Å². The molecule has 2 aromatic rings. The van der Waals surface area contributed by atoms with Crippen LogP contribution in [0.25, 0.3) is 0 Å². The highest BCUT2D eigenvalue weighted by molar-refractivity contribution is 6.38. The predicted octanol–water partition coefficient (Wildman–Crippen LogP) is 5.17. The van der Waals surface area contributed by atoms with Gasteiger partial charge in [0.15, 0.2) is 0 Å². The minimum Gasteiger partial charge on any atom is -0.273 e. The van der Waals surface area contributed by atoms with Gasteiger partial charge in [0, 0.05) is 21.5 Å². The number of carbonyl (C=O) groups excluding carboxylic acids is 1. The maximum absolute atomic E-state index is 12.9. The van der Waals surface area contributed by atoms with Crippen LogP contribution in [0.2, 0.25) is 10.0 Å². The van der Waals surface area contributed by atoms with Gasteiger partial charge < -0.3 is 0 Å². The molecule has 2 aromatic carbocycles. The van der Waals surface area contributed by atoms with Crippen LogP contribution in [-0.2, 0) is 9.73 Å². The van der Waals surface area contributed by atoms with Gasteiger partial charge in [-0.3, -0.25) is 9.73 Å². The van der Waals surface area contributed by atoms with Crippen LogP contribution in [0, 0.1) is 26.7 Å². The van der Waals surface area contributed by atoms with E-state index in [1.54, 1.807) is 5.01 Å². The van der Waals surface area contributed by atoms with E-state index in [1.807, 2.05) is 58.9 Å². The van der Waals surface area contributed by atoms with Gasteiger partial charge in [0.25, 0.3) is 0 Å². The standard InChI is InChI=1S/C20H20Cl2N4O2/c1-10(2)20(27)25-15-9-7-6-8-14(15)24-19(23-28-26(24)25)16-11(3)17(21)13(5)18(22)12(16)4/h6-10H,1-5H3. The summed E-state index contributed by atoms with van der Waals surface area (Å²) in [5, 5.41) is 10.1. The van der Waals surface area contributed by atoms with Gasteiger partial charge in [-0.1, -0.05) is 49.2 Å². The number of rotatable bonds is 2. The fourth-order valence-corrected chi connectivity index (χ4v) is 4.00. The molecule has 0 saturated heterocycles. The average Bonchev–Trinajstić information content (AvgIpc) is 3.23. The highest BCUT2D eigenvalue weighted by Crippen LogP contribution is 2.44. The lowest BCUT2D eigenvalue weighted by molar-refractivity contribution is -0.160. The van der Waals surface area contributed by atoms with E-state index in [1.165, 1.54) is 10.3 Å². The van der Waals surface area contributed by atoms with Crippen molar-refractivity contribution >= 4 is 46.3 Å². The quantitative estimate of drug-likeness (QED) is 0.674. The van der Waals surface area contributed by atoms with Crippen LogP contribution in [0.15, 0.2) is 29.4 Å². The Labute approximate surface area is 173 Å². The number of amidine groups is 1. The predicted molar refractivity (Wildman–Crippen MR) is 111 cm³/mol. The Morgan fingerprint density at radius 1 is 1.00 bits per heavy atom. The van der Waals surface area contributed by atoms with Crippen LogP contribution in [-0.4, -0.2) is 17.0 Å². The van der Waals surface area contributed by atoms with E-state index < -0.39 is 0 Å². The molecule has 4 rings (SSSR count). The third-order valence-electron chi connectivity index (χ3n) is 5.07. The number of hydrogen-bond donors (Lipinski definition) is 0. The summed E-state index contributed by atoms with van der Waals surface area (Å²) in [5.74, 6) is 0.220. The fraction of sp³-hybridized carbons (Fsp3) is 0.300. The van der Waals surface area contributed by atoms with E-state index in [2.05, 4.69) is 5.16 Å². The van der Waals surface area contributed by atoms with Gasteiger partial charge in [-0.15, -0.1) is 0 Å². The lowest BCUT2D eigenvalue weighted by Crippen LogP contribution is -2.50. The summed E-state index contributed by atoms with van der Waals surface area (Å²) >= 11 is 13.1. The van der Waals surface area contributed by atoms with Gasteiger partial charge >= 0.3 is 0 Å². The molecule has 0 aromatic heterocycles. The number of oxime groups is 1. The third-order valence-corrected chi connectivity index (χ3v) is 6.21. The first kappa shape index (κ1) is 19.1. The number of anilines is 2. The first-order valence-electron chi connectivity index (χ1n) is 8.99. The molecule has 0 fully saturated rings. The van der Waals surface area contributed by atoms with Gasteiger partial charge in [0.05, 0.1) is 16.7 Å². The van der Waals surface area contributed by atoms with E-state index in [0.717, 1.165) is 33.6 Å². The first-order valence-corrected chi connectivity index (χ1v) is 9.74. The van der Waals surface area contributed by atoms with Gasteiger partial charge in [0.2, 0.25) is 11.7 Å². The molecular weight excluding hydrogens is 399 g/mol. The van der Waals surface area contributed by atoms with Crippen LogP contribution in [0.1, 0.15) is 36.1 Å². The van der Waals surface area contributed by atoms with Crippen molar-refractivity contribution in [1.82, 2.24) is 5.28 Å². The molecule has 2 aliphatic rings. The van der Waals surface area contributed by atoms with E-state index in [4.69, 9.17) is 28.1 Å². The molecule has 0 atom stereocenters. The number of hydrazine groups is 2. The van der Waals surface area contributed by atoms with Gasteiger partial charge in [-0.05, 0) is 54.8 Å². The van der Waals surface area contributed by atoms with Crippen molar-refractivity contribution in [3.8, 4) is 0 Å². The van der Waals surface area contributed by atoms with Crippen molar-refractivity contribution in [1.29, 1.82) is 0 Å². The summed E-state index contributed by atoms with van der Waals surface area (Å²) < 4.78 is 0. The molecule has 0 saturated carbocycles. The molecule has 2 heterocycles.